The molecule has 3 aromatic rings. The molecule has 4 atom stereocenters. The summed E-state index contributed by atoms with van der Waals surface area (Å²) < 4.78 is 0. The number of phenolic OH excluding ortho intramolecular Hbond substituents is 2. The molecule has 0 aromatic heterocycles. The molecule has 4 N–H and O–H groups in total. The highest BCUT2D eigenvalue weighted by atomic mass is 16.3. The second-order valence-electron chi connectivity index (χ2n) is 7.72. The first-order chi connectivity index (χ1) is 15.4. The smallest absolute Gasteiger partial charge is 0.125 e. The Bertz CT molecular complexity index is 981. The molecule has 0 aliphatic rings. The highest BCUT2D eigenvalue weighted by molar-refractivity contribution is 5.90. The Morgan fingerprint density at radius 1 is 0.625 bits per heavy atom. The molecule has 6 nitrogen and oxygen atoms in total. The van der Waals surface area contributed by atoms with Crippen LogP contribution in [-0.2, 0) is 0 Å². The van der Waals surface area contributed by atoms with Crippen molar-refractivity contribution in [3.8, 4) is 11.5 Å². The maximum Gasteiger partial charge on any atom is 0.125 e. The number of aliphatic hydroxyl groups excluding tert-OH is 2. The molecule has 0 aliphatic carbocycles. The van der Waals surface area contributed by atoms with E-state index in [0.29, 0.717) is 11.1 Å². The summed E-state index contributed by atoms with van der Waals surface area (Å²) in [5, 5.41) is 41.6. The fourth-order valence-electron chi connectivity index (χ4n) is 3.23. The first kappa shape index (κ1) is 23.2. The molecule has 0 saturated carbocycles. The van der Waals surface area contributed by atoms with E-state index in [1.807, 2.05) is 60.7 Å². The maximum atomic E-state index is 10.4. The van der Waals surface area contributed by atoms with E-state index < -0.39 is 24.3 Å². The first-order valence-corrected chi connectivity index (χ1v) is 10.4. The normalized spacial score (nSPS) is 15.6. The van der Waals surface area contributed by atoms with E-state index in [0.717, 1.165) is 11.1 Å². The van der Waals surface area contributed by atoms with Crippen molar-refractivity contribution >= 4 is 12.4 Å². The van der Waals surface area contributed by atoms with Crippen molar-refractivity contribution in [1.82, 2.24) is 0 Å². The molecule has 0 amide bonds. The number of benzene rings is 3. The Labute approximate surface area is 187 Å². The van der Waals surface area contributed by atoms with Crippen LogP contribution in [0.15, 0.2) is 82.8 Å². The summed E-state index contributed by atoms with van der Waals surface area (Å²) in [5.74, 6) is -0.156. The average Bonchev–Trinajstić information content (AvgIpc) is 2.83. The van der Waals surface area contributed by atoms with Crippen LogP contribution in [0.4, 0.5) is 0 Å². The summed E-state index contributed by atoms with van der Waals surface area (Å²) in [7, 11) is 0. The third kappa shape index (κ3) is 5.81. The van der Waals surface area contributed by atoms with Crippen molar-refractivity contribution in [3.05, 3.63) is 95.1 Å². The van der Waals surface area contributed by atoms with Crippen LogP contribution < -0.4 is 0 Å². The number of aromatic hydroxyl groups is 2. The van der Waals surface area contributed by atoms with Gasteiger partial charge in [-0.25, -0.2) is 0 Å². The summed E-state index contributed by atoms with van der Waals surface area (Å²) in [6.45, 7) is 3.54. The molecular weight excluding hydrogens is 404 g/mol. The number of aliphatic hydroxyl groups is 2. The summed E-state index contributed by atoms with van der Waals surface area (Å²) in [6.07, 6.45) is 1.28. The highest BCUT2D eigenvalue weighted by Crippen LogP contribution is 2.27. The van der Waals surface area contributed by atoms with Gasteiger partial charge in [0.15, 0.2) is 0 Å². The van der Waals surface area contributed by atoms with Crippen molar-refractivity contribution in [1.29, 1.82) is 0 Å². The largest absolute Gasteiger partial charge is 0.507 e. The van der Waals surface area contributed by atoms with E-state index in [9.17, 15) is 20.4 Å². The molecular formula is C26H28N2O4. The molecule has 3 rings (SSSR count). The van der Waals surface area contributed by atoms with E-state index in [4.69, 9.17) is 0 Å². The van der Waals surface area contributed by atoms with Crippen LogP contribution in [0.5, 0.6) is 11.5 Å². The summed E-state index contributed by atoms with van der Waals surface area (Å²) in [4.78, 5) is 8.64. The van der Waals surface area contributed by atoms with Crippen LogP contribution in [-0.4, -0.2) is 44.9 Å². The fraction of sp³-hybridized carbons (Fsp3) is 0.231. The molecule has 0 spiro atoms. The van der Waals surface area contributed by atoms with Gasteiger partial charge in [-0.15, -0.1) is 0 Å². The Kier molecular flexibility index (Phi) is 7.76. The van der Waals surface area contributed by atoms with Crippen LogP contribution in [0, 0.1) is 0 Å². The molecule has 166 valence electrons. The fourth-order valence-corrected chi connectivity index (χ4v) is 3.23. The highest BCUT2D eigenvalue weighted by Gasteiger charge is 2.16. The van der Waals surface area contributed by atoms with Crippen LogP contribution in [0.3, 0.4) is 0 Å². The Morgan fingerprint density at radius 3 is 1.31 bits per heavy atom. The van der Waals surface area contributed by atoms with Gasteiger partial charge in [0, 0.05) is 23.6 Å². The number of rotatable bonds is 8. The molecule has 0 bridgehead atoms. The average molecular weight is 433 g/mol. The van der Waals surface area contributed by atoms with Crippen LogP contribution >= 0.6 is 0 Å². The monoisotopic (exact) mass is 432 g/mol. The van der Waals surface area contributed by atoms with E-state index in [-0.39, 0.29) is 11.5 Å². The second-order valence-corrected chi connectivity index (χ2v) is 7.72. The first-order valence-electron chi connectivity index (χ1n) is 10.4. The minimum Gasteiger partial charge on any atom is -0.507 e. The van der Waals surface area contributed by atoms with E-state index in [1.54, 1.807) is 13.8 Å². The molecule has 6 heteroatoms. The SMILES string of the molecule is CC(N=Cc1cc(O)c(C=NC(C)C(O)c2ccccc2)cc1O)C(O)c1ccccc1. The van der Waals surface area contributed by atoms with Gasteiger partial charge in [0.2, 0.25) is 0 Å². The van der Waals surface area contributed by atoms with Crippen molar-refractivity contribution < 1.29 is 20.4 Å². The number of nitrogens with zero attached hydrogens (tertiary/aromatic N) is 2. The van der Waals surface area contributed by atoms with Crippen LogP contribution in [0.2, 0.25) is 0 Å². The maximum absolute atomic E-state index is 10.4. The molecule has 32 heavy (non-hydrogen) atoms. The zero-order valence-corrected chi connectivity index (χ0v) is 18.1. The van der Waals surface area contributed by atoms with E-state index >= 15 is 0 Å². The standard InChI is InChI=1S/C26H28N2O4/c1-17(25(31)19-9-5-3-6-10-19)27-15-21-13-24(30)22(14-23(21)29)16-28-18(2)26(32)20-11-7-4-8-12-20/h3-18,25-26,29-32H,1-2H3. The third-order valence-electron chi connectivity index (χ3n) is 5.27. The van der Waals surface area contributed by atoms with Gasteiger partial charge in [-0.05, 0) is 37.1 Å². The molecule has 0 radical (unpaired) electrons. The van der Waals surface area contributed by atoms with Gasteiger partial charge in [0.1, 0.15) is 23.7 Å². The summed E-state index contributed by atoms with van der Waals surface area (Å²) >= 11 is 0. The molecule has 3 aromatic carbocycles. The van der Waals surface area contributed by atoms with Crippen LogP contribution in [0.1, 0.15) is 48.3 Å². The van der Waals surface area contributed by atoms with Gasteiger partial charge in [0.05, 0.1) is 12.1 Å². The topological polar surface area (TPSA) is 106 Å². The van der Waals surface area contributed by atoms with Gasteiger partial charge in [-0.1, -0.05) is 60.7 Å². The predicted molar refractivity (Wildman–Crippen MR) is 127 cm³/mol. The number of phenols is 2. The Hall–Kier alpha value is -3.48. The van der Waals surface area contributed by atoms with Gasteiger partial charge in [-0.2, -0.15) is 0 Å². The van der Waals surface area contributed by atoms with Crippen molar-refractivity contribution in [2.45, 2.75) is 38.1 Å². The lowest BCUT2D eigenvalue weighted by Gasteiger charge is -2.16. The van der Waals surface area contributed by atoms with Gasteiger partial charge in [0.25, 0.3) is 0 Å². The van der Waals surface area contributed by atoms with Gasteiger partial charge < -0.3 is 20.4 Å². The number of hydrogen-bond donors (Lipinski definition) is 4. The zero-order chi connectivity index (χ0) is 23.1. The lowest BCUT2D eigenvalue weighted by atomic mass is 10.0. The lowest BCUT2D eigenvalue weighted by molar-refractivity contribution is 0.154. The predicted octanol–water partition coefficient (Wildman–Crippen LogP) is 4.18. The van der Waals surface area contributed by atoms with Gasteiger partial charge in [-0.3, -0.25) is 9.98 Å². The summed E-state index contributed by atoms with van der Waals surface area (Å²) in [6, 6.07) is 20.3. The van der Waals surface area contributed by atoms with Crippen molar-refractivity contribution in [2.24, 2.45) is 9.98 Å². The molecule has 0 aliphatic heterocycles. The molecule has 0 fully saturated rings. The molecule has 0 heterocycles. The molecule has 4 unspecified atom stereocenters. The minimum atomic E-state index is -0.785. The lowest BCUT2D eigenvalue weighted by Crippen LogP contribution is -2.13. The minimum absolute atomic E-state index is 0.0781. The van der Waals surface area contributed by atoms with Crippen molar-refractivity contribution in [3.63, 3.8) is 0 Å². The van der Waals surface area contributed by atoms with Crippen molar-refractivity contribution in [2.75, 3.05) is 0 Å². The van der Waals surface area contributed by atoms with E-state index in [2.05, 4.69) is 9.98 Å². The Balaban J connectivity index is 1.70. The molecule has 0 saturated heterocycles. The third-order valence-corrected chi connectivity index (χ3v) is 5.27. The Morgan fingerprint density at radius 2 is 0.969 bits per heavy atom. The van der Waals surface area contributed by atoms with Crippen LogP contribution in [0.25, 0.3) is 0 Å². The number of hydrogen-bond acceptors (Lipinski definition) is 6. The van der Waals surface area contributed by atoms with Gasteiger partial charge >= 0.3 is 0 Å². The summed E-state index contributed by atoms with van der Waals surface area (Å²) in [5.41, 5.74) is 2.15. The quantitative estimate of drug-likeness (QED) is 0.316. The number of aliphatic imine (C=N–C) groups is 2. The second kappa shape index (κ2) is 10.7. The van der Waals surface area contributed by atoms with E-state index in [1.165, 1.54) is 24.6 Å². The zero-order valence-electron chi connectivity index (χ0n) is 18.1.